The van der Waals surface area contributed by atoms with Gasteiger partial charge in [0.1, 0.15) is 5.75 Å². The number of thiocarbonyl (C=S) groups is 1. The molecule has 2 rings (SSSR count). The number of anilines is 2. The van der Waals surface area contributed by atoms with Crippen molar-refractivity contribution in [1.29, 1.82) is 0 Å². The van der Waals surface area contributed by atoms with Gasteiger partial charge < -0.3 is 10.1 Å². The first kappa shape index (κ1) is 17.9. The molecule has 0 amide bonds. The summed E-state index contributed by atoms with van der Waals surface area (Å²) in [5.41, 5.74) is 5.95. The molecule has 0 saturated carbocycles. The molecule has 7 heteroatoms. The van der Waals surface area contributed by atoms with Gasteiger partial charge in [0, 0.05) is 12.2 Å². The van der Waals surface area contributed by atoms with E-state index < -0.39 is 6.61 Å². The Morgan fingerprint density at radius 3 is 2.29 bits per heavy atom. The van der Waals surface area contributed by atoms with Crippen LogP contribution in [0, 0.1) is 6.92 Å². The molecule has 4 nitrogen and oxygen atoms in total. The monoisotopic (exact) mass is 351 g/mol. The van der Waals surface area contributed by atoms with E-state index in [1.165, 1.54) is 17.7 Å². The van der Waals surface area contributed by atoms with Crippen molar-refractivity contribution in [1.82, 2.24) is 5.43 Å². The molecule has 0 radical (unpaired) electrons. The lowest BCUT2D eigenvalue weighted by Crippen LogP contribution is -2.44. The smallest absolute Gasteiger partial charge is 0.387 e. The van der Waals surface area contributed by atoms with Gasteiger partial charge in [-0.25, -0.2) is 0 Å². The van der Waals surface area contributed by atoms with E-state index in [0.29, 0.717) is 17.3 Å². The summed E-state index contributed by atoms with van der Waals surface area (Å²) in [5.74, 6) is 0.101. The van der Waals surface area contributed by atoms with Crippen molar-refractivity contribution in [2.24, 2.45) is 0 Å². The summed E-state index contributed by atoms with van der Waals surface area (Å²) in [6, 6.07) is 14.2. The molecule has 24 heavy (non-hydrogen) atoms. The normalized spacial score (nSPS) is 10.4. The Morgan fingerprint density at radius 1 is 1.12 bits per heavy atom. The second-order valence-corrected chi connectivity index (χ2v) is 5.46. The van der Waals surface area contributed by atoms with E-state index in [4.69, 9.17) is 12.2 Å². The Kier molecular flexibility index (Phi) is 6.31. The van der Waals surface area contributed by atoms with Crippen molar-refractivity contribution in [3.63, 3.8) is 0 Å². The van der Waals surface area contributed by atoms with Crippen LogP contribution in [0.15, 0.2) is 48.5 Å². The third-order valence-corrected chi connectivity index (χ3v) is 3.43. The number of nitrogens with one attached hydrogen (secondary N) is 2. The second kappa shape index (κ2) is 8.44. The quantitative estimate of drug-likeness (QED) is 0.599. The first-order valence-corrected chi connectivity index (χ1v) is 7.85. The number of hydrogen-bond donors (Lipinski definition) is 2. The highest BCUT2D eigenvalue weighted by Gasteiger charge is 2.07. The molecule has 0 atom stereocenters. The molecule has 128 valence electrons. The van der Waals surface area contributed by atoms with Gasteiger partial charge in [0.15, 0.2) is 5.11 Å². The molecular formula is C17H19F2N3OS. The number of hydrogen-bond acceptors (Lipinski definition) is 3. The van der Waals surface area contributed by atoms with Crippen LogP contribution in [0.5, 0.6) is 5.75 Å². The van der Waals surface area contributed by atoms with Crippen LogP contribution in [0.3, 0.4) is 0 Å². The van der Waals surface area contributed by atoms with E-state index in [-0.39, 0.29) is 5.75 Å². The summed E-state index contributed by atoms with van der Waals surface area (Å²) in [6.07, 6.45) is 0. The molecule has 0 fully saturated rings. The minimum atomic E-state index is -2.83. The maximum Gasteiger partial charge on any atom is 0.387 e. The van der Waals surface area contributed by atoms with Crippen molar-refractivity contribution in [2.75, 3.05) is 16.9 Å². The lowest BCUT2D eigenvalue weighted by atomic mass is 10.2. The van der Waals surface area contributed by atoms with Crippen LogP contribution in [-0.2, 0) is 0 Å². The Bertz CT molecular complexity index is 663. The predicted molar refractivity (Wildman–Crippen MR) is 96.6 cm³/mol. The van der Waals surface area contributed by atoms with Crippen LogP contribution >= 0.6 is 12.2 Å². The van der Waals surface area contributed by atoms with Crippen molar-refractivity contribution < 1.29 is 13.5 Å². The minimum absolute atomic E-state index is 0.101. The first-order chi connectivity index (χ1) is 11.5. The van der Waals surface area contributed by atoms with E-state index in [1.54, 1.807) is 12.1 Å². The van der Waals surface area contributed by atoms with Gasteiger partial charge in [-0.05, 0) is 62.5 Å². The van der Waals surface area contributed by atoms with Crippen LogP contribution in [0.4, 0.5) is 20.2 Å². The van der Waals surface area contributed by atoms with E-state index in [1.807, 2.05) is 43.1 Å². The topological polar surface area (TPSA) is 36.5 Å². The van der Waals surface area contributed by atoms with Crippen molar-refractivity contribution in [3.8, 4) is 5.75 Å². The standard InChI is InChI=1S/C17H19F2N3OS/c1-3-22(14-8-4-12(2)5-9-14)21-17(24)20-13-6-10-15(11-7-13)23-16(18)19/h4-11,16H,3H2,1-2H3,(H2,20,21,24). The summed E-state index contributed by atoms with van der Waals surface area (Å²) in [7, 11) is 0. The zero-order valence-electron chi connectivity index (χ0n) is 13.4. The average Bonchev–Trinajstić information content (AvgIpc) is 2.55. The van der Waals surface area contributed by atoms with Gasteiger partial charge in [0.25, 0.3) is 0 Å². The Hall–Kier alpha value is -2.41. The number of aryl methyl sites for hydroxylation is 1. The molecule has 0 saturated heterocycles. The van der Waals surface area contributed by atoms with Gasteiger partial charge >= 0.3 is 6.61 Å². The van der Waals surface area contributed by atoms with Crippen LogP contribution in [0.25, 0.3) is 0 Å². The highest BCUT2D eigenvalue weighted by atomic mass is 32.1. The summed E-state index contributed by atoms with van der Waals surface area (Å²) < 4.78 is 28.6. The molecule has 0 aliphatic carbocycles. The molecule has 0 heterocycles. The highest BCUT2D eigenvalue weighted by Crippen LogP contribution is 2.18. The number of hydrazine groups is 1. The Morgan fingerprint density at radius 2 is 1.75 bits per heavy atom. The SMILES string of the molecule is CCN(NC(=S)Nc1ccc(OC(F)F)cc1)c1ccc(C)cc1. The average molecular weight is 351 g/mol. The number of benzene rings is 2. The van der Waals surface area contributed by atoms with Crippen LogP contribution in [0.1, 0.15) is 12.5 Å². The lowest BCUT2D eigenvalue weighted by molar-refractivity contribution is -0.0498. The number of alkyl halides is 2. The Labute approximate surface area is 145 Å². The zero-order chi connectivity index (χ0) is 17.5. The predicted octanol–water partition coefficient (Wildman–Crippen LogP) is 4.32. The van der Waals surface area contributed by atoms with Gasteiger partial charge in [-0.15, -0.1) is 0 Å². The molecular weight excluding hydrogens is 332 g/mol. The molecule has 2 aromatic carbocycles. The number of halogens is 2. The van der Waals surface area contributed by atoms with Gasteiger partial charge in [0.05, 0.1) is 5.69 Å². The van der Waals surface area contributed by atoms with Crippen LogP contribution in [-0.4, -0.2) is 18.3 Å². The molecule has 0 aromatic heterocycles. The molecule has 0 spiro atoms. The first-order valence-electron chi connectivity index (χ1n) is 7.44. The zero-order valence-corrected chi connectivity index (χ0v) is 14.2. The lowest BCUT2D eigenvalue weighted by Gasteiger charge is -2.25. The van der Waals surface area contributed by atoms with Crippen molar-refractivity contribution in [3.05, 3.63) is 54.1 Å². The van der Waals surface area contributed by atoms with E-state index in [0.717, 1.165) is 5.69 Å². The van der Waals surface area contributed by atoms with Crippen LogP contribution < -0.4 is 20.5 Å². The van der Waals surface area contributed by atoms with E-state index >= 15 is 0 Å². The van der Waals surface area contributed by atoms with Crippen LogP contribution in [0.2, 0.25) is 0 Å². The second-order valence-electron chi connectivity index (χ2n) is 5.05. The molecule has 2 N–H and O–H groups in total. The number of nitrogens with zero attached hydrogens (tertiary/aromatic N) is 1. The fourth-order valence-corrected chi connectivity index (χ4v) is 2.28. The minimum Gasteiger partial charge on any atom is -0.435 e. The number of rotatable bonds is 6. The van der Waals surface area contributed by atoms with E-state index in [2.05, 4.69) is 15.5 Å². The summed E-state index contributed by atoms with van der Waals surface area (Å²) in [6.45, 7) is 1.91. The number of ether oxygens (including phenoxy) is 1. The van der Waals surface area contributed by atoms with Gasteiger partial charge in [0.2, 0.25) is 0 Å². The highest BCUT2D eigenvalue weighted by molar-refractivity contribution is 7.80. The largest absolute Gasteiger partial charge is 0.435 e. The fourth-order valence-electron chi connectivity index (χ4n) is 2.05. The third kappa shape index (κ3) is 5.34. The van der Waals surface area contributed by atoms with Crippen molar-refractivity contribution in [2.45, 2.75) is 20.5 Å². The van der Waals surface area contributed by atoms with Crippen molar-refractivity contribution >= 4 is 28.7 Å². The fraction of sp³-hybridized carbons (Fsp3) is 0.235. The van der Waals surface area contributed by atoms with Gasteiger partial charge in [-0.2, -0.15) is 8.78 Å². The molecule has 0 aliphatic rings. The molecule has 0 aliphatic heterocycles. The molecule has 0 unspecified atom stereocenters. The summed E-state index contributed by atoms with van der Waals surface area (Å²) in [5, 5.41) is 5.31. The van der Waals surface area contributed by atoms with Gasteiger partial charge in [-0.3, -0.25) is 10.4 Å². The van der Waals surface area contributed by atoms with E-state index in [9.17, 15) is 8.78 Å². The molecule has 2 aromatic rings. The maximum absolute atomic E-state index is 12.1. The van der Waals surface area contributed by atoms with Gasteiger partial charge in [-0.1, -0.05) is 17.7 Å². The molecule has 0 bridgehead atoms. The Balaban J connectivity index is 1.94. The maximum atomic E-state index is 12.1. The third-order valence-electron chi connectivity index (χ3n) is 3.24. The summed E-state index contributed by atoms with van der Waals surface area (Å²) in [4.78, 5) is 0. The summed E-state index contributed by atoms with van der Waals surface area (Å²) >= 11 is 5.29.